The summed E-state index contributed by atoms with van der Waals surface area (Å²) in [4.78, 5) is 21.9. The van der Waals surface area contributed by atoms with Gasteiger partial charge in [-0.25, -0.2) is 13.4 Å². The summed E-state index contributed by atoms with van der Waals surface area (Å²) in [5, 5.41) is 0.401. The quantitative estimate of drug-likeness (QED) is 0.261. The van der Waals surface area contributed by atoms with Gasteiger partial charge in [0, 0.05) is 55.4 Å². The van der Waals surface area contributed by atoms with Gasteiger partial charge in [0.1, 0.15) is 17.3 Å². The minimum Gasteiger partial charge on any atom is -0.435 e. The molecule has 1 aromatic heterocycles. The molecule has 0 radical (unpaired) electrons. The van der Waals surface area contributed by atoms with E-state index in [4.69, 9.17) is 11.6 Å². The first-order valence-corrected chi connectivity index (χ1v) is 15.6. The fourth-order valence-corrected chi connectivity index (χ4v) is 6.01. The van der Waals surface area contributed by atoms with Crippen molar-refractivity contribution in [2.24, 2.45) is 0 Å². The van der Waals surface area contributed by atoms with Gasteiger partial charge in [-0.15, -0.1) is 0 Å². The Balaban J connectivity index is 1.73. The van der Waals surface area contributed by atoms with Crippen molar-refractivity contribution < 1.29 is 40.2 Å². The molecule has 0 saturated carbocycles. The number of benzene rings is 2. The van der Waals surface area contributed by atoms with Crippen molar-refractivity contribution >= 4 is 39.0 Å². The Morgan fingerprint density at radius 3 is 2.05 bits per heavy atom. The maximum absolute atomic E-state index is 14.0. The summed E-state index contributed by atoms with van der Waals surface area (Å²) < 4.78 is 86.1. The van der Waals surface area contributed by atoms with Gasteiger partial charge in [-0.05, 0) is 43.7 Å². The van der Waals surface area contributed by atoms with E-state index >= 15 is 0 Å². The molecule has 1 aliphatic rings. The molecule has 0 bridgehead atoms. The van der Waals surface area contributed by atoms with Crippen LogP contribution in [0, 0.1) is 0 Å². The maximum atomic E-state index is 14.0. The van der Waals surface area contributed by atoms with Crippen molar-refractivity contribution in [2.45, 2.75) is 32.5 Å². The van der Waals surface area contributed by atoms with Gasteiger partial charge < -0.3 is 19.3 Å². The van der Waals surface area contributed by atoms with Crippen LogP contribution in [-0.4, -0.2) is 76.3 Å². The second kappa shape index (κ2) is 13.2. The molecule has 9 nitrogen and oxygen atoms in total. The van der Waals surface area contributed by atoms with E-state index in [1.807, 2.05) is 4.90 Å². The van der Waals surface area contributed by atoms with E-state index in [-0.39, 0.29) is 18.7 Å². The molecule has 238 valence electrons. The zero-order chi connectivity index (χ0) is 32.4. The molecular weight excluding hydrogens is 628 g/mol. The fraction of sp³-hybridized carbons (Fsp3) is 0.379. The molecule has 0 spiro atoms. The van der Waals surface area contributed by atoms with Gasteiger partial charge in [0.2, 0.25) is 15.9 Å². The van der Waals surface area contributed by atoms with E-state index in [1.165, 1.54) is 48.4 Å². The first kappa shape index (κ1) is 33.3. The number of ether oxygens (including phenoxy) is 2. The van der Waals surface area contributed by atoms with Gasteiger partial charge in [0.15, 0.2) is 0 Å². The molecule has 0 N–H and O–H groups in total. The fourth-order valence-electron chi connectivity index (χ4n) is 4.95. The van der Waals surface area contributed by atoms with E-state index in [9.17, 15) is 30.8 Å². The van der Waals surface area contributed by atoms with E-state index < -0.39 is 46.1 Å². The molecule has 3 aromatic rings. The highest BCUT2D eigenvalue weighted by molar-refractivity contribution is 7.88. The summed E-state index contributed by atoms with van der Waals surface area (Å²) in [6.45, 7) is -2.10. The van der Waals surface area contributed by atoms with Crippen LogP contribution in [0.25, 0.3) is 11.1 Å². The van der Waals surface area contributed by atoms with Crippen LogP contribution in [0.15, 0.2) is 54.7 Å². The van der Waals surface area contributed by atoms with Crippen LogP contribution < -0.4 is 19.3 Å². The summed E-state index contributed by atoms with van der Waals surface area (Å²) in [6.07, 6.45) is 2.65. The highest BCUT2D eigenvalue weighted by atomic mass is 35.5. The Morgan fingerprint density at radius 2 is 1.52 bits per heavy atom. The topological polar surface area (TPSA) is 92.3 Å². The van der Waals surface area contributed by atoms with E-state index in [0.29, 0.717) is 40.7 Å². The lowest BCUT2D eigenvalue weighted by molar-refractivity contribution is -0.122. The third kappa shape index (κ3) is 7.53. The second-order valence-corrected chi connectivity index (χ2v) is 13.0. The Bertz CT molecular complexity index is 1590. The number of amides is 1. The predicted molar refractivity (Wildman–Crippen MR) is 159 cm³/mol. The number of hydrogen-bond donors (Lipinski definition) is 0. The number of rotatable bonds is 10. The number of likely N-dealkylation sites (N-methyl/N-ethyl adjacent to an activating group) is 1. The van der Waals surface area contributed by atoms with Gasteiger partial charge in [-0.1, -0.05) is 29.8 Å². The molecule has 0 aliphatic carbocycles. The Kier molecular flexibility index (Phi) is 9.96. The Morgan fingerprint density at radius 1 is 0.955 bits per heavy atom. The monoisotopic (exact) mass is 658 g/mol. The van der Waals surface area contributed by atoms with Crippen LogP contribution in [-0.2, 0) is 20.2 Å². The van der Waals surface area contributed by atoms with Gasteiger partial charge in [-0.2, -0.15) is 21.9 Å². The van der Waals surface area contributed by atoms with Gasteiger partial charge in [0.25, 0.3) is 0 Å². The molecule has 15 heteroatoms. The lowest BCUT2D eigenvalue weighted by atomic mass is 9.82. The molecule has 2 aromatic carbocycles. The van der Waals surface area contributed by atoms with Crippen molar-refractivity contribution in [3.8, 4) is 22.6 Å². The van der Waals surface area contributed by atoms with Crippen molar-refractivity contribution in [3.63, 3.8) is 0 Å². The number of carbonyl (C=O) groups excluding carboxylic acids is 1. The number of alkyl halides is 4. The number of nitrogens with zero attached hydrogens (tertiary/aromatic N) is 4. The van der Waals surface area contributed by atoms with Gasteiger partial charge in [0.05, 0.1) is 23.6 Å². The third-order valence-electron chi connectivity index (χ3n) is 7.32. The number of aromatic nitrogens is 1. The van der Waals surface area contributed by atoms with E-state index in [1.54, 1.807) is 30.3 Å². The maximum Gasteiger partial charge on any atom is 0.387 e. The van der Waals surface area contributed by atoms with Gasteiger partial charge >= 0.3 is 13.2 Å². The van der Waals surface area contributed by atoms with Crippen LogP contribution in [0.5, 0.6) is 11.5 Å². The third-order valence-corrected chi connectivity index (χ3v) is 8.95. The van der Waals surface area contributed by atoms with E-state index in [2.05, 4.69) is 14.5 Å². The zero-order valence-corrected chi connectivity index (χ0v) is 25.9. The van der Waals surface area contributed by atoms with Crippen LogP contribution in [0.3, 0.4) is 0 Å². The number of sulfonamides is 1. The molecule has 2 heterocycles. The second-order valence-electron chi connectivity index (χ2n) is 10.6. The number of piperazine rings is 1. The average molecular weight is 659 g/mol. The predicted octanol–water partition coefficient (Wildman–Crippen LogP) is 5.63. The van der Waals surface area contributed by atoms with Crippen LogP contribution in [0.4, 0.5) is 29.1 Å². The smallest absolute Gasteiger partial charge is 0.387 e. The molecule has 1 aliphatic heterocycles. The first-order valence-electron chi connectivity index (χ1n) is 13.4. The summed E-state index contributed by atoms with van der Waals surface area (Å²) in [7, 11) is -1.83. The summed E-state index contributed by atoms with van der Waals surface area (Å²) in [6, 6.07) is 12.0. The molecule has 0 atom stereocenters. The highest BCUT2D eigenvalue weighted by Gasteiger charge is 2.36. The average Bonchev–Trinajstić information content (AvgIpc) is 2.95. The van der Waals surface area contributed by atoms with Crippen molar-refractivity contribution in [2.75, 3.05) is 49.3 Å². The van der Waals surface area contributed by atoms with Crippen molar-refractivity contribution in [1.82, 2.24) is 9.29 Å². The van der Waals surface area contributed by atoms with Crippen LogP contribution >= 0.6 is 11.6 Å². The molecule has 0 unspecified atom stereocenters. The lowest BCUT2D eigenvalue weighted by Gasteiger charge is -2.35. The molecule has 1 saturated heterocycles. The Labute approximate surface area is 258 Å². The number of hydrogen-bond acceptors (Lipinski definition) is 7. The Hall–Kier alpha value is -3.62. The summed E-state index contributed by atoms with van der Waals surface area (Å²) in [5.41, 5.74) is 0.151. The zero-order valence-electron chi connectivity index (χ0n) is 24.3. The lowest BCUT2D eigenvalue weighted by Crippen LogP contribution is -2.48. The van der Waals surface area contributed by atoms with E-state index in [0.717, 1.165) is 12.3 Å². The van der Waals surface area contributed by atoms with Crippen LogP contribution in [0.1, 0.15) is 19.4 Å². The van der Waals surface area contributed by atoms with Crippen molar-refractivity contribution in [1.29, 1.82) is 0 Å². The summed E-state index contributed by atoms with van der Waals surface area (Å²) in [5.74, 6) is -0.882. The number of pyridine rings is 1. The van der Waals surface area contributed by atoms with Gasteiger partial charge in [-0.3, -0.25) is 4.79 Å². The molecule has 1 fully saturated rings. The number of halogens is 5. The minimum atomic E-state index is -3.34. The number of anilines is 2. The standard InChI is InChI=1S/C29H31ClF4N4O5S/c1-29(2,18-13-19(42-27(31)32)15-20(14-18)43-28(33)34)26(39)36(3)24-17-35-25(16-22(24)21-7-5-6-8-23(21)30)37-9-11-38(12-10-37)44(4,40)41/h5-8,13-17,27-28H,9-12H2,1-4H3. The normalized spacial score (nSPS) is 14.7. The minimum absolute atomic E-state index is 0.0933. The molecule has 1 amide bonds. The molecular formula is C29H31ClF4N4O5S. The molecule has 4 rings (SSSR count). The first-order chi connectivity index (χ1) is 20.6. The highest BCUT2D eigenvalue weighted by Crippen LogP contribution is 2.40. The molecule has 44 heavy (non-hydrogen) atoms. The largest absolute Gasteiger partial charge is 0.435 e. The SMILES string of the molecule is CN(C(=O)C(C)(C)c1cc(OC(F)F)cc(OC(F)F)c1)c1cnc(N2CCN(S(C)(=O)=O)CC2)cc1-c1ccccc1Cl. The van der Waals surface area contributed by atoms with Crippen molar-refractivity contribution in [3.05, 3.63) is 65.3 Å². The van der Waals surface area contributed by atoms with Crippen LogP contribution in [0.2, 0.25) is 5.02 Å². The summed E-state index contributed by atoms with van der Waals surface area (Å²) >= 11 is 6.56. The number of carbonyl (C=O) groups is 1.